The van der Waals surface area contributed by atoms with E-state index in [1.165, 1.54) is 64.2 Å². The third-order valence-electron chi connectivity index (χ3n) is 10.3. The molecule has 7 heteroatoms. The highest BCUT2D eigenvalue weighted by Gasteiger charge is 2.41. The van der Waals surface area contributed by atoms with Gasteiger partial charge in [-0.25, -0.2) is 8.42 Å². The van der Waals surface area contributed by atoms with Crippen molar-refractivity contribution in [2.45, 2.75) is 134 Å². The summed E-state index contributed by atoms with van der Waals surface area (Å²) < 4.78 is 45.2. The Bertz CT molecular complexity index is 1520. The topological polar surface area (TPSA) is 55.8 Å². The lowest BCUT2D eigenvalue weighted by Crippen LogP contribution is -2.43. The molecule has 0 radical (unpaired) electrons. The van der Waals surface area contributed by atoms with Gasteiger partial charge in [0.1, 0.15) is 6.10 Å². The van der Waals surface area contributed by atoms with Gasteiger partial charge in [0.05, 0.1) is 10.9 Å². The van der Waals surface area contributed by atoms with E-state index in [-0.39, 0.29) is 13.5 Å². The van der Waals surface area contributed by atoms with Crippen molar-refractivity contribution in [1.82, 2.24) is 4.31 Å². The molecule has 5 rings (SSSR count). The number of sulfonamides is 1. The molecular weight excluding hydrogens is 601 g/mol. The fourth-order valence-corrected chi connectivity index (χ4v) is 10.1. The molecule has 2 fully saturated rings. The molecule has 3 aromatic carbocycles. The summed E-state index contributed by atoms with van der Waals surface area (Å²) in [4.78, 5) is 0.370. The van der Waals surface area contributed by atoms with Crippen molar-refractivity contribution >= 4 is 16.9 Å². The smallest absolute Gasteiger partial charge is 0.368 e. The van der Waals surface area contributed by atoms with E-state index in [0.29, 0.717) is 22.5 Å². The lowest BCUT2D eigenvalue weighted by Gasteiger charge is -2.38. The number of allylic oxidation sites excluding steroid dienone is 1. The van der Waals surface area contributed by atoms with Gasteiger partial charge < -0.3 is 9.39 Å². The van der Waals surface area contributed by atoms with Crippen LogP contribution in [0, 0.1) is 20.8 Å². The maximum absolute atomic E-state index is 14.8. The second-order valence-electron chi connectivity index (χ2n) is 13.9. The van der Waals surface area contributed by atoms with Crippen LogP contribution in [-0.2, 0) is 26.0 Å². The molecule has 2 saturated carbocycles. The van der Waals surface area contributed by atoms with Gasteiger partial charge in [0.15, 0.2) is 0 Å². The Labute approximate surface area is 284 Å². The molecule has 2 aliphatic carbocycles. The van der Waals surface area contributed by atoms with Crippen molar-refractivity contribution in [3.8, 4) is 0 Å². The predicted molar refractivity (Wildman–Crippen MR) is 194 cm³/mol. The van der Waals surface area contributed by atoms with Crippen LogP contribution in [0.5, 0.6) is 0 Å². The minimum atomic E-state index is -3.94. The molecule has 0 unspecified atom stereocenters. The molecule has 252 valence electrons. The summed E-state index contributed by atoms with van der Waals surface area (Å²) in [5, 5.41) is 0. The predicted octanol–water partition coefficient (Wildman–Crippen LogP) is 10.5. The van der Waals surface area contributed by atoms with E-state index in [9.17, 15) is 8.42 Å². The quantitative estimate of drug-likeness (QED) is 0.136. The van der Waals surface area contributed by atoms with Crippen LogP contribution >= 0.6 is 0 Å². The first kappa shape index (κ1) is 35.3. The van der Waals surface area contributed by atoms with E-state index in [4.69, 9.17) is 9.39 Å². The Morgan fingerprint density at radius 3 is 1.85 bits per heavy atom. The van der Waals surface area contributed by atoms with Crippen LogP contribution in [0.25, 0.3) is 0 Å². The zero-order valence-corrected chi connectivity index (χ0v) is 30.0. The number of benzene rings is 3. The van der Waals surface area contributed by atoms with Gasteiger partial charge in [-0.1, -0.05) is 143 Å². The number of nitrogens with zero attached hydrogens (tertiary/aromatic N) is 1. The van der Waals surface area contributed by atoms with Gasteiger partial charge >= 0.3 is 6.92 Å². The molecule has 0 aromatic heterocycles. The minimum Gasteiger partial charge on any atom is -0.536 e. The van der Waals surface area contributed by atoms with Crippen molar-refractivity contribution in [3.05, 3.63) is 113 Å². The molecule has 0 saturated heterocycles. The Kier molecular flexibility index (Phi) is 12.3. The average molecular weight is 656 g/mol. The first-order valence-corrected chi connectivity index (χ1v) is 19.3. The van der Waals surface area contributed by atoms with E-state index < -0.39 is 22.2 Å². The summed E-state index contributed by atoms with van der Waals surface area (Å²) in [7, 11) is -3.94. The molecule has 47 heavy (non-hydrogen) atoms. The second kappa shape index (κ2) is 16.4. The summed E-state index contributed by atoms with van der Waals surface area (Å²) >= 11 is 0. The highest BCUT2D eigenvalue weighted by molar-refractivity contribution is 7.89. The molecule has 0 bridgehead atoms. The third kappa shape index (κ3) is 8.72. The highest BCUT2D eigenvalue weighted by atomic mass is 32.2. The lowest BCUT2D eigenvalue weighted by molar-refractivity contribution is 0.00126. The summed E-state index contributed by atoms with van der Waals surface area (Å²) in [6, 6.07) is 23.2. The molecule has 2 aliphatic rings. The van der Waals surface area contributed by atoms with Gasteiger partial charge in [0.2, 0.25) is 10.0 Å². The third-order valence-corrected chi connectivity index (χ3v) is 12.6. The summed E-state index contributed by atoms with van der Waals surface area (Å²) in [6.45, 7) is 10.1. The Morgan fingerprint density at radius 2 is 1.34 bits per heavy atom. The van der Waals surface area contributed by atoms with Crippen LogP contribution in [0.15, 0.2) is 89.7 Å². The van der Waals surface area contributed by atoms with Crippen LogP contribution in [0.4, 0.5) is 0 Å². The van der Waals surface area contributed by atoms with Crippen molar-refractivity contribution in [2.75, 3.05) is 0 Å². The maximum atomic E-state index is 14.8. The number of ether oxygens (including phenoxy) is 1. The maximum Gasteiger partial charge on any atom is 0.368 e. The van der Waals surface area contributed by atoms with Crippen molar-refractivity contribution in [3.63, 3.8) is 0 Å². The normalized spacial score (nSPS) is 18.1. The Balaban J connectivity index is 1.52. The summed E-state index contributed by atoms with van der Waals surface area (Å²) in [6.07, 6.45) is 13.8. The highest BCUT2D eigenvalue weighted by Crippen LogP contribution is 2.43. The van der Waals surface area contributed by atoms with Crippen LogP contribution in [-0.4, -0.2) is 25.7 Å². The van der Waals surface area contributed by atoms with Crippen LogP contribution in [0.2, 0.25) is 11.6 Å². The van der Waals surface area contributed by atoms with Crippen LogP contribution < -0.4 is 0 Å². The molecular formula is C40H54BNO4S. The Morgan fingerprint density at radius 1 is 0.830 bits per heavy atom. The zero-order valence-electron chi connectivity index (χ0n) is 29.2. The number of rotatable bonds is 13. The molecule has 0 N–H and O–H groups in total. The van der Waals surface area contributed by atoms with E-state index in [1.807, 2.05) is 113 Å². The molecule has 0 aliphatic heterocycles. The van der Waals surface area contributed by atoms with Gasteiger partial charge in [0, 0.05) is 6.54 Å². The van der Waals surface area contributed by atoms with Gasteiger partial charge in [0.25, 0.3) is 5.95 Å². The van der Waals surface area contributed by atoms with E-state index in [0.717, 1.165) is 27.8 Å². The molecule has 3 aromatic rings. The van der Waals surface area contributed by atoms with Crippen molar-refractivity contribution in [1.29, 1.82) is 0 Å². The lowest BCUT2D eigenvalue weighted by atomic mass is 9.42. The summed E-state index contributed by atoms with van der Waals surface area (Å²) in [5.41, 5.74) is 4.40. The number of hydrogen-bond donors (Lipinski definition) is 0. The van der Waals surface area contributed by atoms with Crippen LogP contribution in [0.3, 0.4) is 0 Å². The van der Waals surface area contributed by atoms with Crippen molar-refractivity contribution < 1.29 is 17.8 Å². The number of hydrogen-bond acceptors (Lipinski definition) is 4. The second-order valence-corrected chi connectivity index (χ2v) is 15.8. The Hall–Kier alpha value is -3.03. The molecule has 0 amide bonds. The van der Waals surface area contributed by atoms with Crippen molar-refractivity contribution in [2.24, 2.45) is 0 Å². The SMILES string of the molecule is C/C=C(\OB(C1CCCCC1)C1CCCCC1)O[C@@H](c1ccccc1)[C@@H](C)N(Cc1ccccc1)S(=O)(=O)c1c(C)cc(C)cc1C. The number of aryl methyl sites for hydroxylation is 3. The van der Waals surface area contributed by atoms with Crippen LogP contribution in [0.1, 0.15) is 112 Å². The van der Waals surface area contributed by atoms with E-state index in [1.54, 1.807) is 4.31 Å². The zero-order chi connectivity index (χ0) is 33.4. The van der Waals surface area contributed by atoms with Gasteiger partial charge in [-0.05, 0) is 74.6 Å². The van der Waals surface area contributed by atoms with Gasteiger partial charge in [-0.3, -0.25) is 0 Å². The van der Waals surface area contributed by atoms with E-state index >= 15 is 0 Å². The fourth-order valence-electron chi connectivity index (χ4n) is 8.07. The molecule has 0 spiro atoms. The largest absolute Gasteiger partial charge is 0.536 e. The monoisotopic (exact) mass is 655 g/mol. The standard InChI is InChI=1S/C40H54BNO4S/c1-6-38(46-41(36-23-15-9-16-24-36)37-25-17-10-18-26-37)45-39(35-21-13-8-14-22-35)33(5)42(29-34-19-11-7-12-20-34)47(43,44)40-31(3)27-30(2)28-32(40)4/h6-8,11-14,19-22,27-28,33,36-37,39H,9-10,15-18,23-26,29H2,1-5H3/b38-6-/t33-,39-/m1/s1. The first-order chi connectivity index (χ1) is 22.7. The van der Waals surface area contributed by atoms with Gasteiger partial charge in [-0.2, -0.15) is 4.31 Å². The summed E-state index contributed by atoms with van der Waals surface area (Å²) in [5.74, 6) is 1.56. The minimum absolute atomic E-state index is 0.121. The first-order valence-electron chi connectivity index (χ1n) is 17.9. The molecule has 2 atom stereocenters. The van der Waals surface area contributed by atoms with Gasteiger partial charge in [-0.15, -0.1) is 0 Å². The average Bonchev–Trinajstić information content (AvgIpc) is 3.08. The fraction of sp³-hybridized carbons (Fsp3) is 0.500. The molecule has 0 heterocycles. The van der Waals surface area contributed by atoms with E-state index in [2.05, 4.69) is 0 Å². The molecule has 5 nitrogen and oxygen atoms in total.